The second-order valence-electron chi connectivity index (χ2n) is 25.6. The van der Waals surface area contributed by atoms with Gasteiger partial charge in [-0.1, -0.05) is 352 Å². The minimum Gasteiger partial charge on any atom is -0.466 e. The minimum atomic E-state index is -0.845. The molecular formula is C76H145NO5. The summed E-state index contributed by atoms with van der Waals surface area (Å²) in [5, 5.41) is 23.2. The number of carbonyl (C=O) groups excluding carboxylic acids is 2. The quantitative estimate of drug-likeness (QED) is 0.0320. The van der Waals surface area contributed by atoms with E-state index < -0.39 is 12.1 Å². The van der Waals surface area contributed by atoms with Crippen LogP contribution in [0.3, 0.4) is 0 Å². The summed E-state index contributed by atoms with van der Waals surface area (Å²) in [5.41, 5.74) is 0. The molecule has 0 radical (unpaired) electrons. The lowest BCUT2D eigenvalue weighted by atomic mass is 10.0. The average molecular weight is 1150 g/mol. The lowest BCUT2D eigenvalue weighted by molar-refractivity contribution is -0.143. The highest BCUT2D eigenvalue weighted by Gasteiger charge is 2.18. The summed E-state index contributed by atoms with van der Waals surface area (Å²) < 4.78 is 5.51. The standard InChI is InChI=1S/C76H145NO5/c1-3-5-7-9-11-13-15-17-19-21-33-38-42-46-50-54-58-62-66-70-76(81)82-71-67-63-59-55-51-47-43-39-35-32-30-28-26-24-23-25-27-29-31-34-37-41-45-49-53-57-61-65-69-75(80)77-73(72-78)74(79)68-64-60-56-52-48-44-40-36-22-20-18-16-14-12-10-8-6-4-2/h17,19,23-24,64,68,73-74,78-79H,3-16,18,20-22,25-63,65-67,69-72H2,1-2H3,(H,77,80)/b19-17-,24-23-,68-64+. The van der Waals surface area contributed by atoms with E-state index in [-0.39, 0.29) is 18.5 Å². The molecule has 1 amide bonds. The van der Waals surface area contributed by atoms with Crippen LogP contribution >= 0.6 is 0 Å². The second-order valence-corrected chi connectivity index (χ2v) is 25.6. The molecule has 82 heavy (non-hydrogen) atoms. The van der Waals surface area contributed by atoms with Crippen molar-refractivity contribution in [3.63, 3.8) is 0 Å². The Morgan fingerprint density at radius 2 is 0.573 bits per heavy atom. The Bertz CT molecular complexity index is 1330. The Kier molecular flexibility index (Phi) is 69.9. The van der Waals surface area contributed by atoms with Crippen molar-refractivity contribution in [1.82, 2.24) is 5.32 Å². The number of allylic oxidation sites excluding steroid dienone is 5. The molecule has 0 heterocycles. The first-order valence-corrected chi connectivity index (χ1v) is 37.3. The van der Waals surface area contributed by atoms with Gasteiger partial charge in [0, 0.05) is 12.8 Å². The van der Waals surface area contributed by atoms with Gasteiger partial charge in [-0.2, -0.15) is 0 Å². The van der Waals surface area contributed by atoms with E-state index in [9.17, 15) is 19.8 Å². The topological polar surface area (TPSA) is 95.9 Å². The molecule has 0 fully saturated rings. The summed E-state index contributed by atoms with van der Waals surface area (Å²) in [6, 6.07) is -0.629. The number of amides is 1. The van der Waals surface area contributed by atoms with Crippen molar-refractivity contribution >= 4 is 11.9 Å². The van der Waals surface area contributed by atoms with Crippen molar-refractivity contribution < 1.29 is 24.5 Å². The summed E-state index contributed by atoms with van der Waals surface area (Å²) in [6.07, 6.45) is 92.4. The van der Waals surface area contributed by atoms with Gasteiger partial charge in [0.2, 0.25) is 5.91 Å². The van der Waals surface area contributed by atoms with Gasteiger partial charge in [-0.05, 0) is 83.5 Å². The Morgan fingerprint density at radius 3 is 0.866 bits per heavy atom. The van der Waals surface area contributed by atoms with Crippen LogP contribution in [0.2, 0.25) is 0 Å². The SMILES string of the molecule is CCCCCCCC/C=C\CCCCCCCCCCCC(=O)OCCCCCCCCCCCCCC/C=C\CCCCCCCCCCCCCCC(=O)NC(CO)C(O)/C=C/CCCCCCCCCCCCCCCCCC. The van der Waals surface area contributed by atoms with Gasteiger partial charge in [-0.15, -0.1) is 0 Å². The predicted molar refractivity (Wildman–Crippen MR) is 361 cm³/mol. The molecule has 0 rings (SSSR count). The highest BCUT2D eigenvalue weighted by Crippen LogP contribution is 2.19. The number of unbranched alkanes of at least 4 members (excludes halogenated alkanes) is 55. The van der Waals surface area contributed by atoms with Gasteiger partial charge in [-0.25, -0.2) is 0 Å². The first kappa shape index (κ1) is 80.1. The number of aliphatic hydroxyl groups is 2. The van der Waals surface area contributed by atoms with E-state index in [1.54, 1.807) is 6.08 Å². The average Bonchev–Trinajstić information content (AvgIpc) is 3.48. The number of carbonyl (C=O) groups is 2. The minimum absolute atomic E-state index is 0.0157. The fourth-order valence-electron chi connectivity index (χ4n) is 11.7. The molecule has 484 valence electrons. The summed E-state index contributed by atoms with van der Waals surface area (Å²) in [5.74, 6) is -0.0490. The summed E-state index contributed by atoms with van der Waals surface area (Å²) in [7, 11) is 0. The zero-order chi connectivity index (χ0) is 59.2. The van der Waals surface area contributed by atoms with E-state index in [0.717, 1.165) is 38.5 Å². The fourth-order valence-corrected chi connectivity index (χ4v) is 11.7. The van der Waals surface area contributed by atoms with Crippen molar-refractivity contribution in [3.05, 3.63) is 36.5 Å². The summed E-state index contributed by atoms with van der Waals surface area (Å²) in [4.78, 5) is 24.6. The van der Waals surface area contributed by atoms with Crippen LogP contribution in [0.25, 0.3) is 0 Å². The van der Waals surface area contributed by atoms with Crippen LogP contribution in [-0.4, -0.2) is 47.4 Å². The van der Waals surface area contributed by atoms with Gasteiger partial charge in [-0.3, -0.25) is 9.59 Å². The zero-order valence-corrected chi connectivity index (χ0v) is 55.5. The molecule has 0 aliphatic heterocycles. The third-order valence-corrected chi connectivity index (χ3v) is 17.4. The number of rotatable bonds is 70. The van der Waals surface area contributed by atoms with Gasteiger partial charge < -0.3 is 20.3 Å². The van der Waals surface area contributed by atoms with Gasteiger partial charge in [0.05, 0.1) is 25.4 Å². The van der Waals surface area contributed by atoms with Crippen LogP contribution in [0.4, 0.5) is 0 Å². The largest absolute Gasteiger partial charge is 0.466 e. The predicted octanol–water partition coefficient (Wildman–Crippen LogP) is 24.3. The molecule has 0 saturated heterocycles. The number of hydrogen-bond acceptors (Lipinski definition) is 5. The molecule has 0 spiro atoms. The number of esters is 1. The van der Waals surface area contributed by atoms with E-state index in [2.05, 4.69) is 43.5 Å². The van der Waals surface area contributed by atoms with Crippen molar-refractivity contribution in [2.45, 2.75) is 424 Å². The first-order valence-electron chi connectivity index (χ1n) is 37.3. The molecule has 0 aromatic heterocycles. The van der Waals surface area contributed by atoms with E-state index >= 15 is 0 Å². The van der Waals surface area contributed by atoms with E-state index in [1.165, 1.54) is 347 Å². The first-order chi connectivity index (χ1) is 40.5. The fraction of sp³-hybridized carbons (Fsp3) is 0.895. The Labute approximate surface area is 513 Å². The van der Waals surface area contributed by atoms with Gasteiger partial charge in [0.1, 0.15) is 0 Å². The lowest BCUT2D eigenvalue weighted by Crippen LogP contribution is -2.45. The molecular weight excluding hydrogens is 1010 g/mol. The Morgan fingerprint density at radius 1 is 0.329 bits per heavy atom. The normalized spacial score (nSPS) is 12.7. The molecule has 6 heteroatoms. The summed E-state index contributed by atoms with van der Waals surface area (Å²) in [6.45, 7) is 4.94. The van der Waals surface area contributed by atoms with Crippen LogP contribution in [0.15, 0.2) is 36.5 Å². The highest BCUT2D eigenvalue weighted by atomic mass is 16.5. The molecule has 0 aliphatic carbocycles. The maximum Gasteiger partial charge on any atom is 0.305 e. The molecule has 0 aromatic rings. The molecule has 2 atom stereocenters. The molecule has 0 bridgehead atoms. The molecule has 6 nitrogen and oxygen atoms in total. The van der Waals surface area contributed by atoms with Gasteiger partial charge in [0.15, 0.2) is 0 Å². The van der Waals surface area contributed by atoms with Crippen LogP contribution in [0.5, 0.6) is 0 Å². The highest BCUT2D eigenvalue weighted by molar-refractivity contribution is 5.76. The second kappa shape index (κ2) is 71.6. The van der Waals surface area contributed by atoms with Gasteiger partial charge >= 0.3 is 5.97 Å². The smallest absolute Gasteiger partial charge is 0.305 e. The van der Waals surface area contributed by atoms with Crippen LogP contribution in [0, 0.1) is 0 Å². The number of ether oxygens (including phenoxy) is 1. The number of aliphatic hydroxyl groups excluding tert-OH is 2. The van der Waals surface area contributed by atoms with E-state index in [4.69, 9.17) is 4.74 Å². The molecule has 3 N–H and O–H groups in total. The molecule has 0 aliphatic rings. The van der Waals surface area contributed by atoms with Crippen molar-refractivity contribution in [2.24, 2.45) is 0 Å². The monoisotopic (exact) mass is 1150 g/mol. The van der Waals surface area contributed by atoms with Crippen molar-refractivity contribution in [2.75, 3.05) is 13.2 Å². The molecule has 2 unspecified atom stereocenters. The maximum atomic E-state index is 12.5. The maximum absolute atomic E-state index is 12.5. The van der Waals surface area contributed by atoms with E-state index in [0.29, 0.717) is 19.4 Å². The summed E-state index contributed by atoms with van der Waals surface area (Å²) >= 11 is 0. The third-order valence-electron chi connectivity index (χ3n) is 17.4. The van der Waals surface area contributed by atoms with Crippen molar-refractivity contribution in [1.29, 1.82) is 0 Å². The van der Waals surface area contributed by atoms with Crippen LogP contribution in [-0.2, 0) is 14.3 Å². The number of hydrogen-bond donors (Lipinski definition) is 3. The zero-order valence-electron chi connectivity index (χ0n) is 55.5. The Balaban J connectivity index is 3.38. The molecule has 0 saturated carbocycles. The lowest BCUT2D eigenvalue weighted by Gasteiger charge is -2.20. The van der Waals surface area contributed by atoms with Gasteiger partial charge in [0.25, 0.3) is 0 Å². The van der Waals surface area contributed by atoms with Crippen LogP contribution < -0.4 is 5.32 Å². The Hall–Kier alpha value is -1.92. The number of nitrogens with one attached hydrogen (secondary N) is 1. The van der Waals surface area contributed by atoms with Crippen LogP contribution in [0.1, 0.15) is 412 Å². The van der Waals surface area contributed by atoms with Crippen molar-refractivity contribution in [3.8, 4) is 0 Å². The van der Waals surface area contributed by atoms with E-state index in [1.807, 2.05) is 6.08 Å². The third kappa shape index (κ3) is 67.2. The molecule has 0 aromatic carbocycles.